The van der Waals surface area contributed by atoms with Crippen LogP contribution in [0.4, 0.5) is 5.69 Å². The van der Waals surface area contributed by atoms with Crippen LogP contribution in [0, 0.1) is 17.0 Å². The summed E-state index contributed by atoms with van der Waals surface area (Å²) < 4.78 is 4.26. The van der Waals surface area contributed by atoms with Crippen LogP contribution >= 0.6 is 0 Å². The molecule has 1 heterocycles. The van der Waals surface area contributed by atoms with E-state index in [4.69, 9.17) is 0 Å². The van der Waals surface area contributed by atoms with Crippen molar-refractivity contribution in [3.8, 4) is 0 Å². The fourth-order valence-electron chi connectivity index (χ4n) is 1.33. The van der Waals surface area contributed by atoms with Crippen molar-refractivity contribution in [1.82, 2.24) is 4.98 Å². The van der Waals surface area contributed by atoms with Gasteiger partial charge < -0.3 is 14.9 Å². The van der Waals surface area contributed by atoms with Gasteiger partial charge in [0.15, 0.2) is 6.10 Å². The summed E-state index contributed by atoms with van der Waals surface area (Å²) in [5.74, 6) is -1.01. The van der Waals surface area contributed by atoms with Gasteiger partial charge in [-0.25, -0.2) is 4.79 Å². The van der Waals surface area contributed by atoms with E-state index < -0.39 is 23.1 Å². The molecule has 0 saturated carbocycles. The summed E-state index contributed by atoms with van der Waals surface area (Å²) in [7, 11) is 1.06. The van der Waals surface area contributed by atoms with Crippen LogP contribution in [0.2, 0.25) is 0 Å². The average Bonchev–Trinajstić information content (AvgIpc) is 2.35. The average molecular weight is 256 g/mol. The van der Waals surface area contributed by atoms with E-state index in [0.717, 1.165) is 13.3 Å². The first-order valence-electron chi connectivity index (χ1n) is 4.93. The number of methoxy groups -OCH3 is 1. The number of aliphatic hydroxyl groups is 2. The van der Waals surface area contributed by atoms with Crippen molar-refractivity contribution in [2.24, 2.45) is 0 Å². The SMILES string of the molecule is COC(=O)C(O)C(O)c1cc(C)c([N+](=O)[O-])cn1. The molecule has 8 nitrogen and oxygen atoms in total. The van der Waals surface area contributed by atoms with E-state index in [1.807, 2.05) is 0 Å². The van der Waals surface area contributed by atoms with Gasteiger partial charge in [0.05, 0.1) is 17.7 Å². The second-order valence-electron chi connectivity index (χ2n) is 3.57. The highest BCUT2D eigenvalue weighted by atomic mass is 16.6. The molecule has 1 rings (SSSR count). The van der Waals surface area contributed by atoms with E-state index in [1.165, 1.54) is 13.0 Å². The molecule has 0 spiro atoms. The molecule has 18 heavy (non-hydrogen) atoms. The van der Waals surface area contributed by atoms with Gasteiger partial charge in [0, 0.05) is 5.56 Å². The predicted molar refractivity (Wildman–Crippen MR) is 58.6 cm³/mol. The first-order chi connectivity index (χ1) is 8.38. The molecule has 8 heteroatoms. The number of carbonyl (C=O) groups is 1. The second kappa shape index (κ2) is 5.52. The predicted octanol–water partition coefficient (Wildman–Crippen LogP) is -0.134. The van der Waals surface area contributed by atoms with Gasteiger partial charge in [-0.2, -0.15) is 0 Å². The van der Waals surface area contributed by atoms with Crippen molar-refractivity contribution < 1.29 is 24.7 Å². The smallest absolute Gasteiger partial charge is 0.337 e. The Balaban J connectivity index is 3.01. The number of hydrogen-bond acceptors (Lipinski definition) is 7. The molecule has 0 fully saturated rings. The highest BCUT2D eigenvalue weighted by molar-refractivity contribution is 5.75. The molecule has 1 aromatic heterocycles. The molecular weight excluding hydrogens is 244 g/mol. The topological polar surface area (TPSA) is 123 Å². The van der Waals surface area contributed by atoms with Crippen LogP contribution in [0.5, 0.6) is 0 Å². The van der Waals surface area contributed by atoms with Crippen molar-refractivity contribution in [2.45, 2.75) is 19.1 Å². The molecule has 0 aromatic carbocycles. The third kappa shape index (κ3) is 2.79. The number of rotatable bonds is 4. The Bertz CT molecular complexity index is 475. The minimum atomic E-state index is -1.79. The maximum Gasteiger partial charge on any atom is 0.337 e. The zero-order chi connectivity index (χ0) is 13.9. The lowest BCUT2D eigenvalue weighted by Gasteiger charge is -2.15. The molecule has 0 aliphatic heterocycles. The van der Waals surface area contributed by atoms with Crippen LogP contribution in [0.15, 0.2) is 12.3 Å². The molecule has 2 unspecified atom stereocenters. The Morgan fingerprint density at radius 3 is 2.61 bits per heavy atom. The molecule has 0 radical (unpaired) electrons. The van der Waals surface area contributed by atoms with Crippen molar-refractivity contribution in [2.75, 3.05) is 7.11 Å². The number of aliphatic hydroxyl groups excluding tert-OH is 2. The number of aromatic nitrogens is 1. The van der Waals surface area contributed by atoms with Crippen molar-refractivity contribution in [3.63, 3.8) is 0 Å². The molecule has 0 bridgehead atoms. The number of nitro groups is 1. The maximum atomic E-state index is 11.0. The molecule has 1 aromatic rings. The Kier molecular flexibility index (Phi) is 4.29. The summed E-state index contributed by atoms with van der Waals surface area (Å²) >= 11 is 0. The lowest BCUT2D eigenvalue weighted by atomic mass is 10.1. The van der Waals surface area contributed by atoms with Crippen LogP contribution < -0.4 is 0 Å². The van der Waals surface area contributed by atoms with E-state index in [-0.39, 0.29) is 16.9 Å². The van der Waals surface area contributed by atoms with Gasteiger partial charge in [-0.15, -0.1) is 0 Å². The quantitative estimate of drug-likeness (QED) is 0.436. The largest absolute Gasteiger partial charge is 0.467 e. The minimum absolute atomic E-state index is 0.0454. The van der Waals surface area contributed by atoms with E-state index in [1.54, 1.807) is 0 Å². The summed E-state index contributed by atoms with van der Waals surface area (Å²) in [6.45, 7) is 1.46. The number of nitrogens with zero attached hydrogens (tertiary/aromatic N) is 2. The molecule has 0 amide bonds. The zero-order valence-corrected chi connectivity index (χ0v) is 9.73. The Morgan fingerprint density at radius 2 is 2.17 bits per heavy atom. The summed E-state index contributed by atoms with van der Waals surface area (Å²) in [5.41, 5.74) is 0.00984. The van der Waals surface area contributed by atoms with E-state index >= 15 is 0 Å². The third-order valence-electron chi connectivity index (χ3n) is 2.35. The maximum absolute atomic E-state index is 11.0. The highest BCUT2D eigenvalue weighted by Crippen LogP contribution is 2.22. The second-order valence-corrected chi connectivity index (χ2v) is 3.57. The normalized spacial score (nSPS) is 13.8. The zero-order valence-electron chi connectivity index (χ0n) is 9.73. The van der Waals surface area contributed by atoms with Gasteiger partial charge in [0.2, 0.25) is 0 Å². The summed E-state index contributed by atoms with van der Waals surface area (Å²) in [6.07, 6.45) is -2.43. The fraction of sp³-hybridized carbons (Fsp3) is 0.400. The number of esters is 1. The van der Waals surface area contributed by atoms with Gasteiger partial charge >= 0.3 is 5.97 Å². The Labute approximate surface area is 102 Å². The van der Waals surface area contributed by atoms with Crippen molar-refractivity contribution in [1.29, 1.82) is 0 Å². The van der Waals surface area contributed by atoms with E-state index in [0.29, 0.717) is 0 Å². The van der Waals surface area contributed by atoms with Gasteiger partial charge in [0.25, 0.3) is 5.69 Å². The lowest BCUT2D eigenvalue weighted by Crippen LogP contribution is -2.29. The van der Waals surface area contributed by atoms with Crippen LogP contribution in [0.3, 0.4) is 0 Å². The Morgan fingerprint density at radius 1 is 1.56 bits per heavy atom. The fourth-order valence-corrected chi connectivity index (χ4v) is 1.33. The molecular formula is C10H12N2O6. The lowest BCUT2D eigenvalue weighted by molar-refractivity contribution is -0.385. The first kappa shape index (κ1) is 14.0. The number of ether oxygens (including phenoxy) is 1. The van der Waals surface area contributed by atoms with Crippen LogP contribution in [-0.2, 0) is 9.53 Å². The number of pyridine rings is 1. The van der Waals surface area contributed by atoms with E-state index in [9.17, 15) is 25.1 Å². The first-order valence-corrected chi connectivity index (χ1v) is 4.93. The molecule has 98 valence electrons. The monoisotopic (exact) mass is 256 g/mol. The molecule has 2 N–H and O–H groups in total. The van der Waals surface area contributed by atoms with Crippen molar-refractivity contribution >= 4 is 11.7 Å². The van der Waals surface area contributed by atoms with E-state index in [2.05, 4.69) is 9.72 Å². The summed E-state index contributed by atoms with van der Waals surface area (Å²) in [5, 5.41) is 29.6. The third-order valence-corrected chi connectivity index (χ3v) is 2.35. The number of carbonyl (C=O) groups excluding carboxylic acids is 1. The van der Waals surface area contributed by atoms with Gasteiger partial charge in [0.1, 0.15) is 12.3 Å². The van der Waals surface area contributed by atoms with Gasteiger partial charge in [-0.3, -0.25) is 15.1 Å². The molecule has 0 aliphatic rings. The molecule has 0 aliphatic carbocycles. The molecule has 2 atom stereocenters. The minimum Gasteiger partial charge on any atom is -0.467 e. The van der Waals surface area contributed by atoms with Crippen LogP contribution in [0.25, 0.3) is 0 Å². The van der Waals surface area contributed by atoms with Crippen LogP contribution in [-0.4, -0.2) is 39.3 Å². The van der Waals surface area contributed by atoms with Crippen molar-refractivity contribution in [3.05, 3.63) is 33.6 Å². The number of aryl methyl sites for hydroxylation is 1. The van der Waals surface area contributed by atoms with Crippen LogP contribution in [0.1, 0.15) is 17.4 Å². The van der Waals surface area contributed by atoms with Gasteiger partial charge in [-0.05, 0) is 13.0 Å². The highest BCUT2D eigenvalue weighted by Gasteiger charge is 2.28. The molecule has 0 saturated heterocycles. The number of hydrogen-bond donors (Lipinski definition) is 2. The Hall–Kier alpha value is -2.06. The summed E-state index contributed by atoms with van der Waals surface area (Å²) in [4.78, 5) is 24.6. The summed E-state index contributed by atoms with van der Waals surface area (Å²) in [6, 6.07) is 1.23. The van der Waals surface area contributed by atoms with Gasteiger partial charge in [-0.1, -0.05) is 0 Å². The standard InChI is InChI=1S/C10H12N2O6/c1-5-3-6(11-4-7(5)12(16)17)8(13)9(14)10(15)18-2/h3-4,8-9,13-14H,1-2H3.